The topological polar surface area (TPSA) is 91.2 Å². The Hall–Kier alpha value is -5.96. The molecule has 1 aliphatic heterocycles. The van der Waals surface area contributed by atoms with E-state index < -0.39 is 0 Å². The zero-order valence-corrected chi connectivity index (χ0v) is 26.8. The summed E-state index contributed by atoms with van der Waals surface area (Å²) >= 11 is 0. The van der Waals surface area contributed by atoms with E-state index in [4.69, 9.17) is 15.0 Å². The predicted molar refractivity (Wildman–Crippen MR) is 194 cm³/mol. The number of hydrogen-bond donors (Lipinski definition) is 2. The highest BCUT2D eigenvalue weighted by molar-refractivity contribution is 5.99. The minimum absolute atomic E-state index is 0.275. The van der Waals surface area contributed by atoms with Crippen molar-refractivity contribution in [3.63, 3.8) is 0 Å². The van der Waals surface area contributed by atoms with E-state index >= 15 is 0 Å². The van der Waals surface area contributed by atoms with E-state index in [2.05, 4.69) is 99.8 Å². The summed E-state index contributed by atoms with van der Waals surface area (Å²) in [5.41, 5.74) is 7.23. The molecule has 0 atom stereocenters. The first kappa shape index (κ1) is 30.7. The van der Waals surface area contributed by atoms with Gasteiger partial charge in [0.25, 0.3) is 0 Å². The molecule has 0 aliphatic carbocycles. The molecule has 0 saturated carbocycles. The summed E-state index contributed by atoms with van der Waals surface area (Å²) in [5.74, 6) is 0.907. The second-order valence-corrected chi connectivity index (χ2v) is 11.9. The van der Waals surface area contributed by atoms with E-state index in [9.17, 15) is 4.79 Å². The molecule has 1 saturated heterocycles. The van der Waals surface area contributed by atoms with Gasteiger partial charge in [0.1, 0.15) is 6.33 Å². The number of aromatic nitrogens is 4. The van der Waals surface area contributed by atoms with Crippen LogP contribution in [0.2, 0.25) is 0 Å². The Balaban J connectivity index is 1.31. The zero-order chi connectivity index (χ0) is 32.7. The average Bonchev–Trinajstić information content (AvgIpc) is 3.57. The molecular formula is C39H38N8O. The third kappa shape index (κ3) is 7.05. The smallest absolute Gasteiger partial charge is 0.247 e. The maximum atomic E-state index is 12.1. The fourth-order valence-corrected chi connectivity index (χ4v) is 6.13. The second-order valence-electron chi connectivity index (χ2n) is 11.9. The van der Waals surface area contributed by atoms with E-state index in [1.165, 1.54) is 31.0 Å². The fourth-order valence-electron chi connectivity index (χ4n) is 6.13. The lowest BCUT2D eigenvalue weighted by atomic mass is 10.1. The van der Waals surface area contributed by atoms with Gasteiger partial charge in [-0.05, 0) is 78.9 Å². The van der Waals surface area contributed by atoms with Gasteiger partial charge < -0.3 is 20.4 Å². The normalized spacial score (nSPS) is 12.9. The Labute approximate surface area is 280 Å². The van der Waals surface area contributed by atoms with Gasteiger partial charge in [0.05, 0.1) is 5.69 Å². The quantitative estimate of drug-likeness (QED) is 0.140. The van der Waals surface area contributed by atoms with Crippen LogP contribution in [0.1, 0.15) is 30.4 Å². The average molecular weight is 635 g/mol. The second kappa shape index (κ2) is 14.2. The molecule has 240 valence electrons. The number of fused-ring (bicyclic) bond motifs is 1. The number of anilines is 5. The van der Waals surface area contributed by atoms with Gasteiger partial charge in [-0.25, -0.2) is 4.98 Å². The van der Waals surface area contributed by atoms with Crippen molar-refractivity contribution in [3.8, 4) is 5.69 Å². The molecule has 4 aromatic carbocycles. The van der Waals surface area contributed by atoms with E-state index in [0.29, 0.717) is 35.9 Å². The standard InChI is InChI=1S/C39H38N8O/c1-2-35(48)41-32-17-12-18-34(25-32)47-28-40-36-37(46(26-29-13-6-3-7-14-29)27-30-15-8-4-9-16-30)43-39(44-38(36)47)42-31-19-21-33(22-20-31)45-23-10-5-11-24-45/h2-4,6-9,12-22,25,28H,1,5,10-11,23-24,26-27H2,(H,41,48)(H,42,43,44). The molecule has 2 N–H and O–H groups in total. The number of amides is 1. The van der Waals surface area contributed by atoms with Gasteiger partial charge in [0.15, 0.2) is 17.0 Å². The number of imidazole rings is 1. The lowest BCUT2D eigenvalue weighted by molar-refractivity contribution is -0.111. The van der Waals surface area contributed by atoms with Crippen LogP contribution in [0, 0.1) is 0 Å². The molecule has 1 fully saturated rings. The summed E-state index contributed by atoms with van der Waals surface area (Å²) in [6, 6.07) is 36.9. The first-order valence-corrected chi connectivity index (χ1v) is 16.4. The summed E-state index contributed by atoms with van der Waals surface area (Å²) in [6.45, 7) is 7.01. The molecule has 1 amide bonds. The van der Waals surface area contributed by atoms with Crippen molar-refractivity contribution in [3.05, 3.63) is 139 Å². The number of hydrogen-bond acceptors (Lipinski definition) is 7. The molecule has 48 heavy (non-hydrogen) atoms. The maximum absolute atomic E-state index is 12.1. The van der Waals surface area contributed by atoms with E-state index in [1.54, 1.807) is 6.33 Å². The molecular weight excluding hydrogens is 596 g/mol. The summed E-state index contributed by atoms with van der Waals surface area (Å²) < 4.78 is 1.93. The number of carbonyl (C=O) groups is 1. The molecule has 9 heteroatoms. The highest BCUT2D eigenvalue weighted by Crippen LogP contribution is 2.31. The zero-order valence-electron chi connectivity index (χ0n) is 26.8. The van der Waals surface area contributed by atoms with Crippen LogP contribution in [0.25, 0.3) is 16.9 Å². The molecule has 9 nitrogen and oxygen atoms in total. The minimum atomic E-state index is -0.275. The molecule has 0 radical (unpaired) electrons. The third-order valence-electron chi connectivity index (χ3n) is 8.53. The number of carbonyl (C=O) groups excluding carboxylic acids is 1. The molecule has 6 aromatic rings. The number of benzene rings is 4. The van der Waals surface area contributed by atoms with E-state index in [1.807, 2.05) is 41.0 Å². The van der Waals surface area contributed by atoms with Gasteiger partial charge in [-0.15, -0.1) is 0 Å². The number of nitrogens with zero attached hydrogens (tertiary/aromatic N) is 6. The Morgan fingerprint density at radius 2 is 1.46 bits per heavy atom. The number of nitrogens with one attached hydrogen (secondary N) is 2. The Bertz CT molecular complexity index is 1960. The Kier molecular flexibility index (Phi) is 9.08. The highest BCUT2D eigenvalue weighted by atomic mass is 16.1. The monoisotopic (exact) mass is 634 g/mol. The molecule has 1 aliphatic rings. The largest absolute Gasteiger partial charge is 0.372 e. The molecule has 7 rings (SSSR count). The van der Waals surface area contributed by atoms with Crippen molar-refractivity contribution < 1.29 is 4.79 Å². The first-order chi connectivity index (χ1) is 23.6. The molecule has 0 bridgehead atoms. The summed E-state index contributed by atoms with van der Waals surface area (Å²) in [5, 5.41) is 6.34. The van der Waals surface area contributed by atoms with Crippen LogP contribution in [-0.4, -0.2) is 38.5 Å². The van der Waals surface area contributed by atoms with Crippen LogP contribution in [0.5, 0.6) is 0 Å². The molecule has 2 aromatic heterocycles. The van der Waals surface area contributed by atoms with Gasteiger partial charge in [0, 0.05) is 43.2 Å². The Morgan fingerprint density at radius 1 is 0.771 bits per heavy atom. The van der Waals surface area contributed by atoms with Crippen LogP contribution in [0.3, 0.4) is 0 Å². The third-order valence-corrected chi connectivity index (χ3v) is 8.53. The summed E-state index contributed by atoms with van der Waals surface area (Å²) in [4.78, 5) is 31.8. The van der Waals surface area contributed by atoms with Crippen molar-refractivity contribution in [2.45, 2.75) is 32.4 Å². The highest BCUT2D eigenvalue weighted by Gasteiger charge is 2.21. The number of rotatable bonds is 11. The molecule has 0 unspecified atom stereocenters. The fraction of sp³-hybridized carbons (Fsp3) is 0.179. The predicted octanol–water partition coefficient (Wildman–Crippen LogP) is 7.88. The molecule has 0 spiro atoms. The van der Waals surface area contributed by atoms with Crippen molar-refractivity contribution in [1.29, 1.82) is 0 Å². The van der Waals surface area contributed by atoms with Crippen LogP contribution in [0.4, 0.5) is 28.8 Å². The van der Waals surface area contributed by atoms with Crippen LogP contribution < -0.4 is 20.4 Å². The SMILES string of the molecule is C=CC(=O)Nc1cccc(-n2cnc3c(N(Cc4ccccc4)Cc4ccccc4)nc(Nc4ccc(N5CCCCC5)cc4)nc32)c1. The van der Waals surface area contributed by atoms with E-state index in [0.717, 1.165) is 41.4 Å². The van der Waals surface area contributed by atoms with Crippen molar-refractivity contribution in [2.75, 3.05) is 33.5 Å². The van der Waals surface area contributed by atoms with Gasteiger partial charge >= 0.3 is 0 Å². The van der Waals surface area contributed by atoms with Crippen molar-refractivity contribution >= 4 is 45.9 Å². The van der Waals surface area contributed by atoms with Gasteiger partial charge in [0.2, 0.25) is 11.9 Å². The van der Waals surface area contributed by atoms with Gasteiger partial charge in [-0.2, -0.15) is 9.97 Å². The van der Waals surface area contributed by atoms with Crippen molar-refractivity contribution in [2.24, 2.45) is 0 Å². The van der Waals surface area contributed by atoms with Crippen LogP contribution in [-0.2, 0) is 17.9 Å². The minimum Gasteiger partial charge on any atom is -0.372 e. The molecule has 3 heterocycles. The maximum Gasteiger partial charge on any atom is 0.247 e. The van der Waals surface area contributed by atoms with Crippen molar-refractivity contribution in [1.82, 2.24) is 19.5 Å². The van der Waals surface area contributed by atoms with Crippen LogP contribution >= 0.6 is 0 Å². The summed E-state index contributed by atoms with van der Waals surface area (Å²) in [6.07, 6.45) is 6.78. The lowest BCUT2D eigenvalue weighted by Gasteiger charge is -2.28. The first-order valence-electron chi connectivity index (χ1n) is 16.4. The summed E-state index contributed by atoms with van der Waals surface area (Å²) in [7, 11) is 0. The van der Waals surface area contributed by atoms with E-state index in [-0.39, 0.29) is 5.91 Å². The van der Waals surface area contributed by atoms with Gasteiger partial charge in [-0.1, -0.05) is 73.3 Å². The van der Waals surface area contributed by atoms with Crippen LogP contribution in [0.15, 0.2) is 128 Å². The Morgan fingerprint density at radius 3 is 2.12 bits per heavy atom. The number of piperidine rings is 1. The lowest BCUT2D eigenvalue weighted by Crippen LogP contribution is -2.29. The van der Waals surface area contributed by atoms with Gasteiger partial charge in [-0.3, -0.25) is 9.36 Å².